The average Bonchev–Trinajstić information content (AvgIpc) is 2.34. The van der Waals surface area contributed by atoms with E-state index in [4.69, 9.17) is 44.3 Å². The molecule has 0 aliphatic carbocycles. The molecule has 108 valence electrons. The van der Waals surface area contributed by atoms with Gasteiger partial charge in [0.15, 0.2) is 0 Å². The van der Waals surface area contributed by atoms with Crippen molar-refractivity contribution in [3.8, 4) is 5.75 Å². The first kappa shape index (κ1) is 16.9. The quantitative estimate of drug-likeness (QED) is 0.484. The molecule has 0 saturated heterocycles. The lowest BCUT2D eigenvalue weighted by atomic mass is 10.1. The molecule has 0 aliphatic heterocycles. The summed E-state index contributed by atoms with van der Waals surface area (Å²) in [5, 5.41) is 1.03. The van der Waals surface area contributed by atoms with Gasteiger partial charge in [-0.05, 0) is 24.5 Å². The largest absolute Gasteiger partial charge is 0.489 e. The maximum absolute atomic E-state index is 6.09. The maximum Gasteiger partial charge on any atom is 0.142 e. The lowest BCUT2D eigenvalue weighted by Gasteiger charge is -2.13. The third-order valence-electron chi connectivity index (χ3n) is 2.54. The Kier molecular flexibility index (Phi) is 7.93. The molecule has 0 bridgehead atoms. The number of benzene rings is 1. The SMILES string of the molecule is CC(C)CCOCCOc1c(Cl)cc(Cl)cc1CCl. The summed E-state index contributed by atoms with van der Waals surface area (Å²) in [4.78, 5) is 0. The standard InChI is InChI=1S/C14H19Cl3O2/c1-10(2)3-4-18-5-6-19-14-11(9-15)7-12(16)8-13(14)17/h7-8,10H,3-6,9H2,1-2H3. The van der Waals surface area contributed by atoms with Crippen molar-refractivity contribution in [1.82, 2.24) is 0 Å². The third-order valence-corrected chi connectivity index (χ3v) is 3.33. The van der Waals surface area contributed by atoms with Crippen molar-refractivity contribution in [2.45, 2.75) is 26.1 Å². The van der Waals surface area contributed by atoms with Gasteiger partial charge < -0.3 is 9.47 Å². The summed E-state index contributed by atoms with van der Waals surface area (Å²) in [6.07, 6.45) is 1.05. The van der Waals surface area contributed by atoms with E-state index in [1.54, 1.807) is 12.1 Å². The number of halogens is 3. The molecule has 0 unspecified atom stereocenters. The van der Waals surface area contributed by atoms with Crippen LogP contribution in [0.4, 0.5) is 0 Å². The summed E-state index contributed by atoms with van der Waals surface area (Å²) >= 11 is 17.8. The van der Waals surface area contributed by atoms with Crippen LogP contribution in [0.3, 0.4) is 0 Å². The predicted octanol–water partition coefficient (Wildman–Crippen LogP) is 5.17. The highest BCUT2D eigenvalue weighted by Crippen LogP contribution is 2.33. The fourth-order valence-electron chi connectivity index (χ4n) is 1.50. The Hall–Kier alpha value is -0.150. The molecule has 0 heterocycles. The molecule has 1 rings (SSSR count). The highest BCUT2D eigenvalue weighted by Gasteiger charge is 2.10. The van der Waals surface area contributed by atoms with Crippen LogP contribution in [0.2, 0.25) is 10.0 Å². The van der Waals surface area contributed by atoms with Gasteiger partial charge in [-0.2, -0.15) is 0 Å². The Morgan fingerprint density at radius 3 is 2.47 bits per heavy atom. The van der Waals surface area contributed by atoms with Gasteiger partial charge in [-0.1, -0.05) is 37.0 Å². The van der Waals surface area contributed by atoms with Crippen LogP contribution >= 0.6 is 34.8 Å². The first-order valence-corrected chi connectivity index (χ1v) is 7.58. The van der Waals surface area contributed by atoms with Crippen molar-refractivity contribution in [2.24, 2.45) is 5.92 Å². The van der Waals surface area contributed by atoms with Crippen molar-refractivity contribution >= 4 is 34.8 Å². The van der Waals surface area contributed by atoms with Gasteiger partial charge in [-0.3, -0.25) is 0 Å². The summed E-state index contributed by atoms with van der Waals surface area (Å²) < 4.78 is 11.1. The molecular formula is C14H19Cl3O2. The Morgan fingerprint density at radius 2 is 1.84 bits per heavy atom. The Labute approximate surface area is 129 Å². The van der Waals surface area contributed by atoms with Crippen LogP contribution in [0.25, 0.3) is 0 Å². The summed E-state index contributed by atoms with van der Waals surface area (Å²) in [5.41, 5.74) is 0.793. The highest BCUT2D eigenvalue weighted by atomic mass is 35.5. The minimum Gasteiger partial charge on any atom is -0.489 e. The first-order valence-electron chi connectivity index (χ1n) is 6.29. The number of ether oxygens (including phenoxy) is 2. The Morgan fingerprint density at radius 1 is 1.11 bits per heavy atom. The molecule has 0 saturated carbocycles. The van der Waals surface area contributed by atoms with E-state index >= 15 is 0 Å². The maximum atomic E-state index is 6.09. The van der Waals surface area contributed by atoms with Crippen molar-refractivity contribution in [3.05, 3.63) is 27.7 Å². The van der Waals surface area contributed by atoms with E-state index in [2.05, 4.69) is 13.8 Å². The summed E-state index contributed by atoms with van der Waals surface area (Å²) in [6.45, 7) is 6.06. The number of alkyl halides is 1. The van der Waals surface area contributed by atoms with Gasteiger partial charge >= 0.3 is 0 Å². The van der Waals surface area contributed by atoms with E-state index < -0.39 is 0 Å². The van der Waals surface area contributed by atoms with Crippen LogP contribution in [0.15, 0.2) is 12.1 Å². The van der Waals surface area contributed by atoms with E-state index in [0.29, 0.717) is 40.8 Å². The van der Waals surface area contributed by atoms with Gasteiger partial charge in [0, 0.05) is 17.2 Å². The molecule has 0 aromatic heterocycles. The van der Waals surface area contributed by atoms with E-state index in [1.165, 1.54) is 0 Å². The zero-order valence-corrected chi connectivity index (χ0v) is 13.5. The minimum atomic E-state index is 0.309. The van der Waals surface area contributed by atoms with Gasteiger partial charge in [0.1, 0.15) is 12.4 Å². The molecule has 0 atom stereocenters. The van der Waals surface area contributed by atoms with Crippen LogP contribution in [0, 0.1) is 5.92 Å². The van der Waals surface area contributed by atoms with E-state index in [1.807, 2.05) is 0 Å². The lowest BCUT2D eigenvalue weighted by molar-refractivity contribution is 0.0924. The first-order chi connectivity index (χ1) is 9.04. The van der Waals surface area contributed by atoms with Gasteiger partial charge in [-0.25, -0.2) is 0 Å². The third kappa shape index (κ3) is 6.22. The molecule has 0 amide bonds. The summed E-state index contributed by atoms with van der Waals surface area (Å²) in [7, 11) is 0. The molecule has 5 heteroatoms. The van der Waals surface area contributed by atoms with Crippen LogP contribution in [0.1, 0.15) is 25.8 Å². The van der Waals surface area contributed by atoms with E-state index in [-0.39, 0.29) is 0 Å². The zero-order chi connectivity index (χ0) is 14.3. The Bertz CT molecular complexity index is 395. The molecule has 0 fully saturated rings. The number of hydrogen-bond donors (Lipinski definition) is 0. The topological polar surface area (TPSA) is 18.5 Å². The second kappa shape index (κ2) is 8.91. The number of hydrogen-bond acceptors (Lipinski definition) is 2. The average molecular weight is 326 g/mol. The summed E-state index contributed by atoms with van der Waals surface area (Å²) in [5.74, 6) is 1.55. The normalized spacial score (nSPS) is 11.1. The monoisotopic (exact) mass is 324 g/mol. The van der Waals surface area contributed by atoms with Crippen LogP contribution in [-0.2, 0) is 10.6 Å². The lowest BCUT2D eigenvalue weighted by Crippen LogP contribution is -2.09. The second-order valence-corrected chi connectivity index (χ2v) is 5.76. The van der Waals surface area contributed by atoms with Crippen molar-refractivity contribution in [1.29, 1.82) is 0 Å². The zero-order valence-electron chi connectivity index (χ0n) is 11.2. The molecule has 19 heavy (non-hydrogen) atoms. The smallest absolute Gasteiger partial charge is 0.142 e. The molecule has 2 nitrogen and oxygen atoms in total. The van der Waals surface area contributed by atoms with Gasteiger partial charge in [0.2, 0.25) is 0 Å². The van der Waals surface area contributed by atoms with Crippen LogP contribution < -0.4 is 4.74 Å². The predicted molar refractivity (Wildman–Crippen MR) is 81.8 cm³/mol. The van der Waals surface area contributed by atoms with Crippen LogP contribution in [0.5, 0.6) is 5.75 Å². The number of rotatable bonds is 8. The van der Waals surface area contributed by atoms with Crippen molar-refractivity contribution in [2.75, 3.05) is 19.8 Å². The molecule has 0 spiro atoms. The van der Waals surface area contributed by atoms with Gasteiger partial charge in [0.25, 0.3) is 0 Å². The van der Waals surface area contributed by atoms with Crippen molar-refractivity contribution < 1.29 is 9.47 Å². The molecular weight excluding hydrogens is 307 g/mol. The van der Waals surface area contributed by atoms with Gasteiger partial charge in [0.05, 0.1) is 17.5 Å². The molecule has 1 aromatic carbocycles. The fourth-order valence-corrected chi connectivity index (χ4v) is 2.29. The van der Waals surface area contributed by atoms with Gasteiger partial charge in [-0.15, -0.1) is 11.6 Å². The van der Waals surface area contributed by atoms with E-state index in [0.717, 1.165) is 18.6 Å². The Balaban J connectivity index is 2.41. The molecule has 1 aromatic rings. The van der Waals surface area contributed by atoms with Crippen LogP contribution in [-0.4, -0.2) is 19.8 Å². The molecule has 0 N–H and O–H groups in total. The molecule has 0 radical (unpaired) electrons. The summed E-state index contributed by atoms with van der Waals surface area (Å²) in [6, 6.07) is 3.41. The van der Waals surface area contributed by atoms with Crippen molar-refractivity contribution in [3.63, 3.8) is 0 Å². The highest BCUT2D eigenvalue weighted by molar-refractivity contribution is 6.35. The minimum absolute atomic E-state index is 0.309. The van der Waals surface area contributed by atoms with E-state index in [9.17, 15) is 0 Å². The fraction of sp³-hybridized carbons (Fsp3) is 0.571. The second-order valence-electron chi connectivity index (χ2n) is 4.65. The molecule has 0 aliphatic rings.